The summed E-state index contributed by atoms with van der Waals surface area (Å²) in [6.07, 6.45) is 0.419. The molecule has 0 fully saturated rings. The zero-order chi connectivity index (χ0) is 13.9. The van der Waals surface area contributed by atoms with Crippen LogP contribution < -0.4 is 5.32 Å². The lowest BCUT2D eigenvalue weighted by Crippen LogP contribution is -2.27. The monoisotopic (exact) mass is 285 g/mol. The Labute approximate surface area is 121 Å². The van der Waals surface area contributed by atoms with Crippen molar-refractivity contribution in [2.24, 2.45) is 0 Å². The predicted octanol–water partition coefficient (Wildman–Crippen LogP) is 3.91. The molecule has 0 aliphatic rings. The largest absolute Gasteiger partial charge is 0.459 e. The molecule has 2 heterocycles. The van der Waals surface area contributed by atoms with Gasteiger partial charge in [-0.15, -0.1) is 11.3 Å². The number of rotatable bonds is 4. The average molecular weight is 285 g/mol. The second kappa shape index (κ2) is 5.51. The van der Waals surface area contributed by atoms with Gasteiger partial charge < -0.3 is 9.73 Å². The second-order valence-electron chi connectivity index (χ2n) is 4.73. The highest BCUT2D eigenvalue weighted by Gasteiger charge is 2.14. The zero-order valence-corrected chi connectivity index (χ0v) is 11.9. The summed E-state index contributed by atoms with van der Waals surface area (Å²) in [4.78, 5) is 13.0. The molecule has 1 amide bonds. The molecule has 3 rings (SSSR count). The Balaban J connectivity index is 1.69. The van der Waals surface area contributed by atoms with E-state index in [9.17, 15) is 4.79 Å². The average Bonchev–Trinajstić information content (AvgIpc) is 3.06. The molecule has 0 saturated heterocycles. The minimum atomic E-state index is -0.130. The molecular formula is C16H15NO2S. The summed E-state index contributed by atoms with van der Waals surface area (Å²) in [6.45, 7) is 1.93. The molecule has 3 nitrogen and oxygen atoms in total. The second-order valence-corrected chi connectivity index (χ2v) is 5.76. The highest BCUT2D eigenvalue weighted by molar-refractivity contribution is 7.10. The van der Waals surface area contributed by atoms with Crippen molar-refractivity contribution in [1.82, 2.24) is 5.32 Å². The Morgan fingerprint density at radius 3 is 2.90 bits per heavy atom. The number of furan rings is 1. The maximum absolute atomic E-state index is 12.0. The fraction of sp³-hybridized carbons (Fsp3) is 0.188. The van der Waals surface area contributed by atoms with Crippen LogP contribution in [0.1, 0.15) is 23.6 Å². The number of fused-ring (bicyclic) bond motifs is 1. The third-order valence-electron chi connectivity index (χ3n) is 3.16. The van der Waals surface area contributed by atoms with Crippen LogP contribution in [0, 0.1) is 0 Å². The summed E-state index contributed by atoms with van der Waals surface area (Å²) in [6, 6.07) is 13.6. The molecule has 2 aromatic heterocycles. The van der Waals surface area contributed by atoms with Crippen LogP contribution >= 0.6 is 11.3 Å². The Bertz CT molecular complexity index is 682. The van der Waals surface area contributed by atoms with Crippen molar-refractivity contribution in [2.45, 2.75) is 19.4 Å². The van der Waals surface area contributed by atoms with Gasteiger partial charge in [-0.05, 0) is 30.5 Å². The van der Waals surface area contributed by atoms with E-state index in [4.69, 9.17) is 4.42 Å². The third kappa shape index (κ3) is 2.75. The minimum Gasteiger partial charge on any atom is -0.459 e. The minimum absolute atomic E-state index is 0.0143. The standard InChI is InChI=1S/C16H15NO2S/c1-11(17-16(18)10-13-6-4-8-20-13)15-9-12-5-2-3-7-14(12)19-15/h2-9,11H,10H2,1H3,(H,17,18)/t11-/m0/s1. The van der Waals surface area contributed by atoms with Crippen LogP contribution in [0.4, 0.5) is 0 Å². The van der Waals surface area contributed by atoms with Crippen molar-refractivity contribution in [1.29, 1.82) is 0 Å². The third-order valence-corrected chi connectivity index (χ3v) is 4.04. The molecule has 4 heteroatoms. The fourth-order valence-corrected chi connectivity index (χ4v) is 2.85. The van der Waals surface area contributed by atoms with Gasteiger partial charge in [-0.3, -0.25) is 4.79 Å². The van der Waals surface area contributed by atoms with E-state index in [1.807, 2.05) is 54.8 Å². The number of nitrogens with one attached hydrogen (secondary N) is 1. The number of hydrogen-bond donors (Lipinski definition) is 1. The lowest BCUT2D eigenvalue weighted by molar-refractivity contribution is -0.121. The number of carbonyl (C=O) groups excluding carboxylic acids is 1. The summed E-state index contributed by atoms with van der Waals surface area (Å²) in [5.41, 5.74) is 0.849. The molecule has 0 aliphatic heterocycles. The normalized spacial score (nSPS) is 12.4. The van der Waals surface area contributed by atoms with Crippen LogP contribution in [0.2, 0.25) is 0 Å². The number of carbonyl (C=O) groups is 1. The van der Waals surface area contributed by atoms with E-state index in [0.29, 0.717) is 6.42 Å². The molecule has 102 valence electrons. The lowest BCUT2D eigenvalue weighted by atomic mass is 10.2. The zero-order valence-electron chi connectivity index (χ0n) is 11.1. The van der Waals surface area contributed by atoms with Gasteiger partial charge in [0, 0.05) is 10.3 Å². The van der Waals surface area contributed by atoms with Crippen molar-refractivity contribution < 1.29 is 9.21 Å². The van der Waals surface area contributed by atoms with E-state index in [1.54, 1.807) is 11.3 Å². The maximum atomic E-state index is 12.0. The van der Waals surface area contributed by atoms with E-state index in [2.05, 4.69) is 5.32 Å². The quantitative estimate of drug-likeness (QED) is 0.789. The van der Waals surface area contributed by atoms with E-state index in [0.717, 1.165) is 21.6 Å². The van der Waals surface area contributed by atoms with Gasteiger partial charge in [0.05, 0.1) is 12.5 Å². The molecule has 1 atom stereocenters. The maximum Gasteiger partial charge on any atom is 0.225 e. The summed E-state index contributed by atoms with van der Waals surface area (Å²) >= 11 is 1.59. The van der Waals surface area contributed by atoms with E-state index in [1.165, 1.54) is 0 Å². The van der Waals surface area contributed by atoms with E-state index < -0.39 is 0 Å². The topological polar surface area (TPSA) is 42.2 Å². The van der Waals surface area contributed by atoms with Crippen LogP contribution in [-0.2, 0) is 11.2 Å². The molecule has 20 heavy (non-hydrogen) atoms. The van der Waals surface area contributed by atoms with Crippen molar-refractivity contribution in [3.8, 4) is 0 Å². The highest BCUT2D eigenvalue weighted by Crippen LogP contribution is 2.23. The Morgan fingerprint density at radius 1 is 1.30 bits per heavy atom. The van der Waals surface area contributed by atoms with Gasteiger partial charge in [-0.25, -0.2) is 0 Å². The summed E-state index contributed by atoms with van der Waals surface area (Å²) in [7, 11) is 0. The Morgan fingerprint density at radius 2 is 2.15 bits per heavy atom. The first kappa shape index (κ1) is 12.9. The number of hydrogen-bond acceptors (Lipinski definition) is 3. The molecule has 0 unspecified atom stereocenters. The first-order chi connectivity index (χ1) is 9.72. The first-order valence-corrected chi connectivity index (χ1v) is 7.40. The molecular weight excluding hydrogens is 270 g/mol. The predicted molar refractivity (Wildman–Crippen MR) is 80.8 cm³/mol. The van der Waals surface area contributed by atoms with Gasteiger partial charge in [0.1, 0.15) is 11.3 Å². The molecule has 1 aromatic carbocycles. The number of benzene rings is 1. The summed E-state index contributed by atoms with van der Waals surface area (Å²) in [5.74, 6) is 0.797. The summed E-state index contributed by atoms with van der Waals surface area (Å²) in [5, 5.41) is 6.00. The van der Waals surface area contributed by atoms with Crippen molar-refractivity contribution >= 4 is 28.2 Å². The smallest absolute Gasteiger partial charge is 0.225 e. The van der Waals surface area contributed by atoms with Gasteiger partial charge in [0.2, 0.25) is 5.91 Å². The fourth-order valence-electron chi connectivity index (χ4n) is 2.15. The van der Waals surface area contributed by atoms with E-state index >= 15 is 0 Å². The van der Waals surface area contributed by atoms with Gasteiger partial charge >= 0.3 is 0 Å². The van der Waals surface area contributed by atoms with Crippen molar-refractivity contribution in [2.75, 3.05) is 0 Å². The SMILES string of the molecule is C[C@H](NC(=O)Cc1cccs1)c1cc2ccccc2o1. The Kier molecular flexibility index (Phi) is 3.56. The van der Waals surface area contributed by atoms with Gasteiger partial charge in [-0.2, -0.15) is 0 Å². The van der Waals surface area contributed by atoms with E-state index in [-0.39, 0.29) is 11.9 Å². The molecule has 0 radical (unpaired) electrons. The van der Waals surface area contributed by atoms with Crippen molar-refractivity contribution in [3.05, 3.63) is 58.5 Å². The number of thiophene rings is 1. The molecule has 0 bridgehead atoms. The molecule has 0 spiro atoms. The number of amides is 1. The molecule has 3 aromatic rings. The van der Waals surface area contributed by atoms with Gasteiger partial charge in [-0.1, -0.05) is 24.3 Å². The first-order valence-electron chi connectivity index (χ1n) is 6.52. The lowest BCUT2D eigenvalue weighted by Gasteiger charge is -2.10. The van der Waals surface area contributed by atoms with Crippen molar-refractivity contribution in [3.63, 3.8) is 0 Å². The highest BCUT2D eigenvalue weighted by atomic mass is 32.1. The van der Waals surface area contributed by atoms with Gasteiger partial charge in [0.25, 0.3) is 0 Å². The Hall–Kier alpha value is -2.07. The summed E-state index contributed by atoms with van der Waals surface area (Å²) < 4.78 is 5.75. The molecule has 0 saturated carbocycles. The molecule has 1 N–H and O–H groups in total. The number of para-hydroxylation sites is 1. The van der Waals surface area contributed by atoms with Crippen LogP contribution in [0.15, 0.2) is 52.3 Å². The molecule has 0 aliphatic carbocycles. The van der Waals surface area contributed by atoms with Gasteiger partial charge in [0.15, 0.2) is 0 Å². The van der Waals surface area contributed by atoms with Crippen LogP contribution in [0.5, 0.6) is 0 Å². The van der Waals surface area contributed by atoms with Crippen LogP contribution in [0.3, 0.4) is 0 Å². The van der Waals surface area contributed by atoms with Crippen LogP contribution in [-0.4, -0.2) is 5.91 Å². The van der Waals surface area contributed by atoms with Crippen LogP contribution in [0.25, 0.3) is 11.0 Å².